The second-order valence-corrected chi connectivity index (χ2v) is 4.20. The molecule has 1 unspecified atom stereocenters. The topological polar surface area (TPSA) is 42.4 Å². The van der Waals surface area contributed by atoms with Crippen LogP contribution in [0, 0.1) is 5.82 Å². The molecule has 0 aliphatic heterocycles. The SMILES string of the molecule is COc1cccc(C(C)(O)c2cncc(F)c2)c1. The molecule has 1 heterocycles. The van der Waals surface area contributed by atoms with Crippen LogP contribution in [0.3, 0.4) is 0 Å². The van der Waals surface area contributed by atoms with E-state index in [-0.39, 0.29) is 0 Å². The third-order valence-electron chi connectivity index (χ3n) is 2.90. The van der Waals surface area contributed by atoms with Crippen molar-refractivity contribution in [1.82, 2.24) is 4.98 Å². The lowest BCUT2D eigenvalue weighted by molar-refractivity contribution is 0.101. The van der Waals surface area contributed by atoms with Crippen LogP contribution in [0.5, 0.6) is 5.75 Å². The molecule has 2 aromatic rings. The van der Waals surface area contributed by atoms with E-state index in [2.05, 4.69) is 4.98 Å². The summed E-state index contributed by atoms with van der Waals surface area (Å²) in [6, 6.07) is 8.30. The molecular formula is C14H14FNO2. The average molecular weight is 247 g/mol. The number of nitrogens with zero attached hydrogens (tertiary/aromatic N) is 1. The van der Waals surface area contributed by atoms with E-state index in [1.807, 2.05) is 0 Å². The summed E-state index contributed by atoms with van der Waals surface area (Å²) < 4.78 is 18.3. The minimum absolute atomic E-state index is 0.399. The predicted octanol–water partition coefficient (Wildman–Crippen LogP) is 2.49. The number of hydrogen-bond donors (Lipinski definition) is 1. The Kier molecular flexibility index (Phi) is 3.30. The van der Waals surface area contributed by atoms with Gasteiger partial charge < -0.3 is 9.84 Å². The van der Waals surface area contributed by atoms with E-state index in [1.54, 1.807) is 38.3 Å². The molecule has 0 radical (unpaired) electrons. The van der Waals surface area contributed by atoms with Gasteiger partial charge in [-0.25, -0.2) is 4.39 Å². The van der Waals surface area contributed by atoms with Crippen LogP contribution in [0.25, 0.3) is 0 Å². The van der Waals surface area contributed by atoms with Crippen molar-refractivity contribution in [3.63, 3.8) is 0 Å². The van der Waals surface area contributed by atoms with E-state index in [1.165, 1.54) is 12.3 Å². The fourth-order valence-corrected chi connectivity index (χ4v) is 1.77. The maximum absolute atomic E-state index is 13.2. The van der Waals surface area contributed by atoms with Crippen molar-refractivity contribution >= 4 is 0 Å². The van der Waals surface area contributed by atoms with E-state index < -0.39 is 11.4 Å². The molecule has 1 aromatic heterocycles. The number of methoxy groups -OCH3 is 1. The Morgan fingerprint density at radius 3 is 2.67 bits per heavy atom. The van der Waals surface area contributed by atoms with Gasteiger partial charge in [0.1, 0.15) is 17.2 Å². The standard InChI is InChI=1S/C14H14FNO2/c1-14(17,11-6-12(15)9-16-8-11)10-4-3-5-13(7-10)18-2/h3-9,17H,1-2H3. The fraction of sp³-hybridized carbons (Fsp3) is 0.214. The Morgan fingerprint density at radius 2 is 2.00 bits per heavy atom. The van der Waals surface area contributed by atoms with Crippen molar-refractivity contribution < 1.29 is 14.2 Å². The summed E-state index contributed by atoms with van der Waals surface area (Å²) in [6.45, 7) is 1.60. The molecule has 1 aromatic carbocycles. The molecule has 0 spiro atoms. The number of halogens is 1. The van der Waals surface area contributed by atoms with Crippen molar-refractivity contribution in [2.75, 3.05) is 7.11 Å². The van der Waals surface area contributed by atoms with Crippen LogP contribution in [0.4, 0.5) is 4.39 Å². The minimum Gasteiger partial charge on any atom is -0.497 e. The molecule has 0 saturated carbocycles. The maximum atomic E-state index is 13.2. The van der Waals surface area contributed by atoms with Gasteiger partial charge in [0.15, 0.2) is 0 Å². The highest BCUT2D eigenvalue weighted by Crippen LogP contribution is 2.30. The van der Waals surface area contributed by atoms with Crippen molar-refractivity contribution in [2.24, 2.45) is 0 Å². The number of hydrogen-bond acceptors (Lipinski definition) is 3. The monoisotopic (exact) mass is 247 g/mol. The van der Waals surface area contributed by atoms with Crippen molar-refractivity contribution in [1.29, 1.82) is 0 Å². The first kappa shape index (κ1) is 12.5. The van der Waals surface area contributed by atoms with Gasteiger partial charge in [-0.15, -0.1) is 0 Å². The van der Waals surface area contributed by atoms with Gasteiger partial charge in [0.2, 0.25) is 0 Å². The van der Waals surface area contributed by atoms with Gasteiger partial charge in [0.05, 0.1) is 13.3 Å². The van der Waals surface area contributed by atoms with E-state index in [0.717, 1.165) is 6.20 Å². The lowest BCUT2D eigenvalue weighted by atomic mass is 9.89. The third-order valence-corrected chi connectivity index (χ3v) is 2.90. The third kappa shape index (κ3) is 2.33. The van der Waals surface area contributed by atoms with Crippen molar-refractivity contribution in [3.8, 4) is 5.75 Å². The van der Waals surface area contributed by atoms with E-state index in [0.29, 0.717) is 16.9 Å². The van der Waals surface area contributed by atoms with Crippen LogP contribution in [0.15, 0.2) is 42.7 Å². The summed E-state index contributed by atoms with van der Waals surface area (Å²) in [5.41, 5.74) is -0.297. The summed E-state index contributed by atoms with van der Waals surface area (Å²) in [6.07, 6.45) is 2.55. The van der Waals surface area contributed by atoms with Gasteiger partial charge in [0.25, 0.3) is 0 Å². The Morgan fingerprint density at radius 1 is 1.22 bits per heavy atom. The molecule has 94 valence electrons. The molecule has 0 fully saturated rings. The average Bonchev–Trinajstić information content (AvgIpc) is 2.39. The van der Waals surface area contributed by atoms with Crippen LogP contribution < -0.4 is 4.74 Å². The first-order valence-electron chi connectivity index (χ1n) is 5.52. The first-order chi connectivity index (χ1) is 8.54. The van der Waals surface area contributed by atoms with E-state index >= 15 is 0 Å². The molecule has 0 aliphatic carbocycles. The van der Waals surface area contributed by atoms with Gasteiger partial charge in [0, 0.05) is 11.8 Å². The second kappa shape index (κ2) is 4.74. The summed E-state index contributed by atoms with van der Waals surface area (Å²) in [5.74, 6) is 0.160. The quantitative estimate of drug-likeness (QED) is 0.906. The number of ether oxygens (including phenoxy) is 1. The largest absolute Gasteiger partial charge is 0.497 e. The second-order valence-electron chi connectivity index (χ2n) is 4.20. The van der Waals surface area contributed by atoms with Crippen molar-refractivity contribution in [2.45, 2.75) is 12.5 Å². The molecule has 4 heteroatoms. The lowest BCUT2D eigenvalue weighted by Crippen LogP contribution is -2.23. The van der Waals surface area contributed by atoms with Crippen LogP contribution >= 0.6 is 0 Å². The van der Waals surface area contributed by atoms with Gasteiger partial charge in [-0.2, -0.15) is 0 Å². The predicted molar refractivity (Wildman–Crippen MR) is 65.9 cm³/mol. The molecule has 2 rings (SSSR count). The number of rotatable bonds is 3. The van der Waals surface area contributed by atoms with E-state index in [9.17, 15) is 9.50 Å². The normalized spacial score (nSPS) is 14.0. The first-order valence-corrected chi connectivity index (χ1v) is 5.52. The molecule has 18 heavy (non-hydrogen) atoms. The van der Waals surface area contributed by atoms with Crippen LogP contribution in [-0.4, -0.2) is 17.2 Å². The summed E-state index contributed by atoms with van der Waals surface area (Å²) in [5, 5.41) is 10.5. The molecule has 3 nitrogen and oxygen atoms in total. The van der Waals surface area contributed by atoms with Gasteiger partial charge >= 0.3 is 0 Å². The number of aliphatic hydroxyl groups is 1. The Hall–Kier alpha value is -1.94. The zero-order valence-corrected chi connectivity index (χ0v) is 10.2. The highest BCUT2D eigenvalue weighted by atomic mass is 19.1. The molecule has 1 N–H and O–H groups in total. The number of benzene rings is 1. The number of pyridine rings is 1. The zero-order chi connectivity index (χ0) is 13.2. The Balaban J connectivity index is 2.46. The highest BCUT2D eigenvalue weighted by molar-refractivity contribution is 5.38. The molecule has 0 saturated heterocycles. The molecule has 0 aliphatic rings. The van der Waals surface area contributed by atoms with Gasteiger partial charge in [-0.05, 0) is 30.7 Å². The molecular weight excluding hydrogens is 233 g/mol. The Bertz CT molecular complexity index is 555. The summed E-state index contributed by atoms with van der Waals surface area (Å²) in [7, 11) is 1.55. The summed E-state index contributed by atoms with van der Waals surface area (Å²) in [4.78, 5) is 3.75. The molecule has 0 bridgehead atoms. The molecule has 1 atom stereocenters. The lowest BCUT2D eigenvalue weighted by Gasteiger charge is -2.24. The van der Waals surface area contributed by atoms with Gasteiger partial charge in [-0.1, -0.05) is 12.1 Å². The Labute approximate surface area is 105 Å². The highest BCUT2D eigenvalue weighted by Gasteiger charge is 2.26. The van der Waals surface area contributed by atoms with Crippen LogP contribution in [-0.2, 0) is 5.60 Å². The maximum Gasteiger partial charge on any atom is 0.141 e. The smallest absolute Gasteiger partial charge is 0.141 e. The number of aromatic nitrogens is 1. The van der Waals surface area contributed by atoms with E-state index in [4.69, 9.17) is 4.74 Å². The minimum atomic E-state index is -1.32. The van der Waals surface area contributed by atoms with Crippen LogP contribution in [0.2, 0.25) is 0 Å². The van der Waals surface area contributed by atoms with Crippen molar-refractivity contribution in [3.05, 3.63) is 59.7 Å². The van der Waals surface area contributed by atoms with Gasteiger partial charge in [-0.3, -0.25) is 4.98 Å². The zero-order valence-electron chi connectivity index (χ0n) is 10.2. The summed E-state index contributed by atoms with van der Waals surface area (Å²) >= 11 is 0. The van der Waals surface area contributed by atoms with Crippen LogP contribution in [0.1, 0.15) is 18.1 Å². The fourth-order valence-electron chi connectivity index (χ4n) is 1.77. The molecule has 0 amide bonds.